The lowest BCUT2D eigenvalue weighted by molar-refractivity contribution is 0.393. The molecule has 0 aliphatic heterocycles. The molecule has 3 aromatic carbocycles. The quantitative estimate of drug-likeness (QED) is 0.533. The van der Waals surface area contributed by atoms with Gasteiger partial charge in [-0.15, -0.1) is 0 Å². The van der Waals surface area contributed by atoms with Crippen molar-refractivity contribution in [2.75, 3.05) is 25.6 Å². The molecular weight excluding hydrogens is 402 g/mol. The van der Waals surface area contributed by atoms with E-state index in [1.807, 2.05) is 25.1 Å². The van der Waals surface area contributed by atoms with E-state index in [1.54, 1.807) is 69.9 Å². The third-order valence-electron chi connectivity index (χ3n) is 4.67. The fourth-order valence-corrected chi connectivity index (χ4v) is 4.54. The Kier molecular flexibility index (Phi) is 6.52. The minimum atomic E-state index is -3.84. The van der Waals surface area contributed by atoms with Crippen molar-refractivity contribution in [3.63, 3.8) is 0 Å². The summed E-state index contributed by atoms with van der Waals surface area (Å²) >= 11 is 0. The molecule has 7 heteroatoms. The maximum atomic E-state index is 13.6. The van der Waals surface area contributed by atoms with Gasteiger partial charge in [0.1, 0.15) is 17.2 Å². The molecule has 0 unspecified atom stereocenters. The lowest BCUT2D eigenvalue weighted by Crippen LogP contribution is -2.30. The standard InChI is InChI=1S/C23H25NO5S/c1-17-6-5-7-19(12-17)24(16-18-13-21(28-3)15-22(14-18)29-4)30(25,26)23-10-8-20(27-2)9-11-23/h5-15H,16H2,1-4H3. The van der Waals surface area contributed by atoms with Crippen LogP contribution in [0.2, 0.25) is 0 Å². The second-order valence-electron chi connectivity index (χ2n) is 6.75. The summed E-state index contributed by atoms with van der Waals surface area (Å²) in [7, 11) is 0.824. The number of nitrogens with zero attached hydrogens (tertiary/aromatic N) is 1. The summed E-state index contributed by atoms with van der Waals surface area (Å²) in [6.45, 7) is 2.04. The average molecular weight is 428 g/mol. The maximum Gasteiger partial charge on any atom is 0.264 e. The van der Waals surface area contributed by atoms with Gasteiger partial charge in [-0.1, -0.05) is 12.1 Å². The minimum absolute atomic E-state index is 0.116. The van der Waals surface area contributed by atoms with Crippen molar-refractivity contribution in [1.82, 2.24) is 0 Å². The van der Waals surface area contributed by atoms with Gasteiger partial charge in [0.05, 0.1) is 38.5 Å². The lowest BCUT2D eigenvalue weighted by atomic mass is 10.1. The molecule has 0 bridgehead atoms. The van der Waals surface area contributed by atoms with Crippen LogP contribution in [-0.4, -0.2) is 29.7 Å². The molecule has 0 aliphatic carbocycles. The first-order valence-electron chi connectivity index (χ1n) is 9.33. The smallest absolute Gasteiger partial charge is 0.264 e. The van der Waals surface area contributed by atoms with Gasteiger partial charge in [0.25, 0.3) is 10.0 Å². The molecule has 0 fully saturated rings. The van der Waals surface area contributed by atoms with Gasteiger partial charge in [-0.05, 0) is 66.6 Å². The number of sulfonamides is 1. The van der Waals surface area contributed by atoms with E-state index in [0.29, 0.717) is 22.9 Å². The molecule has 0 saturated heterocycles. The molecule has 30 heavy (non-hydrogen) atoms. The number of benzene rings is 3. The third-order valence-corrected chi connectivity index (χ3v) is 6.46. The number of ether oxygens (including phenoxy) is 3. The Morgan fingerprint density at radius 1 is 0.767 bits per heavy atom. The molecule has 0 amide bonds. The normalized spacial score (nSPS) is 11.1. The van der Waals surface area contributed by atoms with E-state index in [4.69, 9.17) is 14.2 Å². The van der Waals surface area contributed by atoms with Gasteiger partial charge >= 0.3 is 0 Å². The van der Waals surface area contributed by atoms with E-state index in [-0.39, 0.29) is 11.4 Å². The number of hydrogen-bond acceptors (Lipinski definition) is 5. The Morgan fingerprint density at radius 2 is 1.37 bits per heavy atom. The number of methoxy groups -OCH3 is 3. The highest BCUT2D eigenvalue weighted by molar-refractivity contribution is 7.92. The zero-order valence-corrected chi connectivity index (χ0v) is 18.3. The highest BCUT2D eigenvalue weighted by Crippen LogP contribution is 2.30. The molecule has 0 aliphatic rings. The zero-order valence-electron chi connectivity index (χ0n) is 17.5. The predicted molar refractivity (Wildman–Crippen MR) is 117 cm³/mol. The molecule has 0 spiro atoms. The van der Waals surface area contributed by atoms with Crippen LogP contribution in [0.15, 0.2) is 71.6 Å². The van der Waals surface area contributed by atoms with Gasteiger partial charge in [0.2, 0.25) is 0 Å². The van der Waals surface area contributed by atoms with Crippen LogP contribution < -0.4 is 18.5 Å². The van der Waals surface area contributed by atoms with Gasteiger partial charge < -0.3 is 14.2 Å². The van der Waals surface area contributed by atoms with E-state index in [1.165, 1.54) is 4.31 Å². The summed E-state index contributed by atoms with van der Waals surface area (Å²) in [6.07, 6.45) is 0. The largest absolute Gasteiger partial charge is 0.497 e. The molecule has 0 radical (unpaired) electrons. The highest BCUT2D eigenvalue weighted by Gasteiger charge is 2.26. The Labute approximate surface area is 177 Å². The monoisotopic (exact) mass is 427 g/mol. The number of anilines is 1. The second kappa shape index (κ2) is 9.09. The van der Waals surface area contributed by atoms with Gasteiger partial charge in [-0.3, -0.25) is 4.31 Å². The Balaban J connectivity index is 2.09. The Hall–Kier alpha value is -3.19. The minimum Gasteiger partial charge on any atom is -0.497 e. The van der Waals surface area contributed by atoms with E-state index < -0.39 is 10.0 Å². The average Bonchev–Trinajstić information content (AvgIpc) is 2.77. The van der Waals surface area contributed by atoms with Crippen molar-refractivity contribution in [2.45, 2.75) is 18.4 Å². The molecule has 0 aromatic heterocycles. The molecule has 0 atom stereocenters. The fraction of sp³-hybridized carbons (Fsp3) is 0.217. The summed E-state index contributed by atoms with van der Waals surface area (Å²) < 4.78 is 44.4. The van der Waals surface area contributed by atoms with Crippen molar-refractivity contribution in [1.29, 1.82) is 0 Å². The fourth-order valence-electron chi connectivity index (χ4n) is 3.10. The van der Waals surface area contributed by atoms with Crippen LogP contribution in [0.5, 0.6) is 17.2 Å². The van der Waals surface area contributed by atoms with E-state index in [0.717, 1.165) is 11.1 Å². The van der Waals surface area contributed by atoms with Crippen LogP contribution in [0.4, 0.5) is 5.69 Å². The zero-order chi connectivity index (χ0) is 21.7. The van der Waals surface area contributed by atoms with Crippen LogP contribution in [0.25, 0.3) is 0 Å². The summed E-state index contributed by atoms with van der Waals surface area (Å²) in [5, 5.41) is 0. The molecule has 0 saturated carbocycles. The van der Waals surface area contributed by atoms with Crippen LogP contribution in [0.3, 0.4) is 0 Å². The number of rotatable bonds is 8. The molecular formula is C23H25NO5S. The van der Waals surface area contributed by atoms with Crippen LogP contribution in [0, 0.1) is 6.92 Å². The van der Waals surface area contributed by atoms with Crippen LogP contribution >= 0.6 is 0 Å². The Bertz CT molecular complexity index is 1090. The summed E-state index contributed by atoms with van der Waals surface area (Å²) in [6, 6.07) is 19.1. The van der Waals surface area contributed by atoms with Gasteiger partial charge in [0, 0.05) is 6.07 Å². The van der Waals surface area contributed by atoms with E-state index in [9.17, 15) is 8.42 Å². The maximum absolute atomic E-state index is 13.6. The number of hydrogen-bond donors (Lipinski definition) is 0. The first-order valence-corrected chi connectivity index (χ1v) is 10.8. The summed E-state index contributed by atoms with van der Waals surface area (Å²) in [5.41, 5.74) is 2.28. The first kappa shape index (κ1) is 21.5. The van der Waals surface area contributed by atoms with Crippen molar-refractivity contribution < 1.29 is 22.6 Å². The molecule has 158 valence electrons. The summed E-state index contributed by atoms with van der Waals surface area (Å²) in [5.74, 6) is 1.78. The first-order chi connectivity index (χ1) is 14.4. The number of aryl methyl sites for hydroxylation is 1. The van der Waals surface area contributed by atoms with Gasteiger partial charge in [-0.2, -0.15) is 0 Å². The third kappa shape index (κ3) is 4.68. The van der Waals surface area contributed by atoms with Crippen molar-refractivity contribution >= 4 is 15.7 Å². The molecule has 0 heterocycles. The molecule has 3 rings (SSSR count). The SMILES string of the molecule is COc1ccc(S(=O)(=O)N(Cc2cc(OC)cc(OC)c2)c2cccc(C)c2)cc1. The van der Waals surface area contributed by atoms with Crippen molar-refractivity contribution in [2.24, 2.45) is 0 Å². The van der Waals surface area contributed by atoms with Crippen LogP contribution in [-0.2, 0) is 16.6 Å². The Morgan fingerprint density at radius 3 is 1.90 bits per heavy atom. The summed E-state index contributed by atoms with van der Waals surface area (Å²) in [4.78, 5) is 0.180. The van der Waals surface area contributed by atoms with Gasteiger partial charge in [-0.25, -0.2) is 8.42 Å². The molecule has 0 N–H and O–H groups in total. The van der Waals surface area contributed by atoms with Crippen molar-refractivity contribution in [3.05, 3.63) is 77.9 Å². The van der Waals surface area contributed by atoms with Crippen LogP contribution in [0.1, 0.15) is 11.1 Å². The van der Waals surface area contributed by atoms with Gasteiger partial charge in [0.15, 0.2) is 0 Å². The molecule has 3 aromatic rings. The van der Waals surface area contributed by atoms with E-state index >= 15 is 0 Å². The van der Waals surface area contributed by atoms with E-state index in [2.05, 4.69) is 0 Å². The predicted octanol–water partition coefficient (Wildman–Crippen LogP) is 4.42. The molecule has 6 nitrogen and oxygen atoms in total. The highest BCUT2D eigenvalue weighted by atomic mass is 32.2. The lowest BCUT2D eigenvalue weighted by Gasteiger charge is -2.25. The second-order valence-corrected chi connectivity index (χ2v) is 8.61. The van der Waals surface area contributed by atoms with Crippen molar-refractivity contribution in [3.8, 4) is 17.2 Å². The topological polar surface area (TPSA) is 65.1 Å².